The fourth-order valence-electron chi connectivity index (χ4n) is 6.08. The van der Waals surface area contributed by atoms with Crippen LogP contribution in [-0.2, 0) is 0 Å². The standard InChI is InChI=1S/C42H26O/c1-2-12-28(13-3-1)32-19-10-20-38-33-24-23-31(26-39(33)43-42(32)38)41-36-17-8-6-15-34(36)40(35-16-7-9-18-37(35)41)30-22-21-27-11-4-5-14-29(27)25-30/h1-26H/i1D,2D,3D,6D,7D,8D,9D,12D,13D,15D,16D,17D,18D. The smallest absolute Gasteiger partial charge is 0.143 e. The van der Waals surface area contributed by atoms with Crippen molar-refractivity contribution in [2.45, 2.75) is 0 Å². The molecule has 0 radical (unpaired) electrons. The first-order valence-electron chi connectivity index (χ1n) is 20.2. The van der Waals surface area contributed by atoms with Crippen molar-refractivity contribution in [3.63, 3.8) is 0 Å². The van der Waals surface area contributed by atoms with Gasteiger partial charge in [-0.25, -0.2) is 0 Å². The summed E-state index contributed by atoms with van der Waals surface area (Å²) in [5.74, 6) is 0. The van der Waals surface area contributed by atoms with Crippen LogP contribution in [0.4, 0.5) is 0 Å². The largest absolute Gasteiger partial charge is 0.455 e. The maximum atomic E-state index is 9.28. The second kappa shape index (κ2) is 9.44. The molecule has 0 bridgehead atoms. The van der Waals surface area contributed by atoms with Crippen molar-refractivity contribution in [1.82, 2.24) is 0 Å². The van der Waals surface area contributed by atoms with Crippen LogP contribution in [-0.4, -0.2) is 0 Å². The van der Waals surface area contributed by atoms with E-state index in [-0.39, 0.29) is 73.6 Å². The topological polar surface area (TPSA) is 13.1 Å². The van der Waals surface area contributed by atoms with Crippen LogP contribution in [0.2, 0.25) is 0 Å². The average Bonchev–Trinajstić information content (AvgIpc) is 3.59. The highest BCUT2D eigenvalue weighted by Gasteiger charge is 2.18. The van der Waals surface area contributed by atoms with Gasteiger partial charge in [-0.05, 0) is 78.3 Å². The summed E-state index contributed by atoms with van der Waals surface area (Å²) in [7, 11) is 0. The lowest BCUT2D eigenvalue weighted by Crippen LogP contribution is -1.90. The van der Waals surface area contributed by atoms with Crippen LogP contribution in [0.3, 0.4) is 0 Å². The molecule has 0 aliphatic rings. The van der Waals surface area contributed by atoms with E-state index in [1.165, 1.54) is 0 Å². The molecule has 1 aromatic heterocycles. The molecule has 9 aromatic rings. The molecule has 1 heteroatoms. The number of hydrogen-bond acceptors (Lipinski definition) is 1. The monoisotopic (exact) mass is 559 g/mol. The van der Waals surface area contributed by atoms with E-state index in [1.54, 1.807) is 42.5 Å². The molecule has 1 heterocycles. The minimum Gasteiger partial charge on any atom is -0.455 e. The summed E-state index contributed by atoms with van der Waals surface area (Å²) >= 11 is 0. The van der Waals surface area contributed by atoms with Gasteiger partial charge in [0.15, 0.2) is 0 Å². The number of para-hydroxylation sites is 1. The van der Waals surface area contributed by atoms with Crippen LogP contribution in [0.25, 0.3) is 87.6 Å². The Bertz CT molecular complexity index is 3130. The van der Waals surface area contributed by atoms with Crippen molar-refractivity contribution >= 4 is 54.3 Å². The van der Waals surface area contributed by atoms with Gasteiger partial charge in [-0.1, -0.05) is 139 Å². The summed E-state index contributed by atoms with van der Waals surface area (Å²) in [6, 6.07) is 17.4. The highest BCUT2D eigenvalue weighted by atomic mass is 16.3. The molecule has 1 nitrogen and oxygen atoms in total. The van der Waals surface area contributed by atoms with Crippen molar-refractivity contribution in [3.8, 4) is 33.4 Å². The molecular weight excluding hydrogens is 520 g/mol. The lowest BCUT2D eigenvalue weighted by molar-refractivity contribution is 0.670. The molecule has 43 heavy (non-hydrogen) atoms. The Labute approximate surface area is 267 Å². The Hall–Kier alpha value is -5.66. The minimum atomic E-state index is -0.521. The molecule has 0 atom stereocenters. The highest BCUT2D eigenvalue weighted by Crippen LogP contribution is 2.45. The number of furan rings is 1. The van der Waals surface area contributed by atoms with Crippen LogP contribution in [0.15, 0.2) is 162 Å². The lowest BCUT2D eigenvalue weighted by Gasteiger charge is -2.18. The first-order valence-corrected chi connectivity index (χ1v) is 13.7. The summed E-state index contributed by atoms with van der Waals surface area (Å²) in [6.45, 7) is 0. The first kappa shape index (κ1) is 14.5. The zero-order valence-corrected chi connectivity index (χ0v) is 22.4. The van der Waals surface area contributed by atoms with Gasteiger partial charge in [0.1, 0.15) is 11.2 Å². The second-order valence-corrected chi connectivity index (χ2v) is 10.3. The van der Waals surface area contributed by atoms with E-state index < -0.39 is 54.4 Å². The summed E-state index contributed by atoms with van der Waals surface area (Å²) in [4.78, 5) is 0. The van der Waals surface area contributed by atoms with Gasteiger partial charge in [0.05, 0.1) is 17.8 Å². The third-order valence-electron chi connectivity index (χ3n) is 7.97. The van der Waals surface area contributed by atoms with E-state index in [4.69, 9.17) is 16.8 Å². The zero-order chi connectivity index (χ0) is 39.6. The van der Waals surface area contributed by atoms with E-state index in [0.29, 0.717) is 27.5 Å². The van der Waals surface area contributed by atoms with Crippen LogP contribution in [0.5, 0.6) is 0 Å². The van der Waals surface area contributed by atoms with E-state index in [1.807, 2.05) is 36.4 Å². The molecule has 0 saturated carbocycles. The number of hydrogen-bond donors (Lipinski definition) is 0. The Morgan fingerprint density at radius 1 is 0.419 bits per heavy atom. The lowest BCUT2D eigenvalue weighted by atomic mass is 9.85. The zero-order valence-electron chi connectivity index (χ0n) is 35.4. The maximum absolute atomic E-state index is 9.28. The van der Waals surface area contributed by atoms with E-state index in [9.17, 15) is 5.48 Å². The number of benzene rings is 8. The SMILES string of the molecule is [2H]c1c([2H])c([2H])c(-c2cccc3c2oc2cc(-c4c5c([2H])c([2H])c([2H])c([2H])c5c(-c5ccc6ccccc6c5)c5c([2H])c([2H])c([2H])c([2H])c45)ccc23)c([2H])c1[2H]. The van der Waals surface area contributed by atoms with Crippen molar-refractivity contribution in [2.24, 2.45) is 0 Å². The molecule has 200 valence electrons. The van der Waals surface area contributed by atoms with Crippen molar-refractivity contribution in [2.75, 3.05) is 0 Å². The predicted molar refractivity (Wildman–Crippen MR) is 183 cm³/mol. The van der Waals surface area contributed by atoms with Gasteiger partial charge in [0, 0.05) is 16.3 Å². The molecule has 8 aromatic carbocycles. The molecule has 9 rings (SSSR count). The van der Waals surface area contributed by atoms with Crippen LogP contribution in [0, 0.1) is 0 Å². The van der Waals surface area contributed by atoms with E-state index in [2.05, 4.69) is 0 Å². The molecule has 0 aliphatic carbocycles. The molecule has 0 saturated heterocycles. The second-order valence-electron chi connectivity index (χ2n) is 10.3. The molecular formula is C42H26O. The van der Waals surface area contributed by atoms with Crippen LogP contribution in [0.1, 0.15) is 17.8 Å². The van der Waals surface area contributed by atoms with Gasteiger partial charge in [-0.2, -0.15) is 0 Å². The van der Waals surface area contributed by atoms with Crippen molar-refractivity contribution < 1.29 is 22.2 Å². The first-order chi connectivity index (χ1) is 26.7. The van der Waals surface area contributed by atoms with Gasteiger partial charge in [-0.15, -0.1) is 0 Å². The summed E-state index contributed by atoms with van der Waals surface area (Å²) in [5, 5.41) is 3.23. The minimum absolute atomic E-state index is 0.0332. The van der Waals surface area contributed by atoms with Crippen molar-refractivity contribution in [3.05, 3.63) is 157 Å². The third-order valence-corrected chi connectivity index (χ3v) is 7.97. The Kier molecular flexibility index (Phi) is 3.18. The van der Waals surface area contributed by atoms with Gasteiger partial charge >= 0.3 is 0 Å². The Morgan fingerprint density at radius 3 is 1.72 bits per heavy atom. The predicted octanol–water partition coefficient (Wildman–Crippen LogP) is 12.0. The fraction of sp³-hybridized carbons (Fsp3) is 0. The normalized spacial score (nSPS) is 16.0. The van der Waals surface area contributed by atoms with Crippen molar-refractivity contribution in [1.29, 1.82) is 0 Å². The number of fused-ring (bicyclic) bond motifs is 6. The Morgan fingerprint density at radius 2 is 1.02 bits per heavy atom. The van der Waals surface area contributed by atoms with Gasteiger partial charge < -0.3 is 4.42 Å². The molecule has 0 fully saturated rings. The number of rotatable bonds is 3. The molecule has 0 aliphatic heterocycles. The average molecular weight is 560 g/mol. The molecule has 0 amide bonds. The summed E-state index contributed by atoms with van der Waals surface area (Å²) in [6.07, 6.45) is 0. The van der Waals surface area contributed by atoms with Gasteiger partial charge in [-0.3, -0.25) is 0 Å². The van der Waals surface area contributed by atoms with Crippen LogP contribution < -0.4 is 0 Å². The van der Waals surface area contributed by atoms with Crippen LogP contribution >= 0.6 is 0 Å². The highest BCUT2D eigenvalue weighted by molar-refractivity contribution is 6.22. The molecule has 0 spiro atoms. The Balaban J connectivity index is 1.44. The third kappa shape index (κ3) is 3.72. The van der Waals surface area contributed by atoms with E-state index in [0.717, 1.165) is 10.8 Å². The van der Waals surface area contributed by atoms with Gasteiger partial charge in [0.25, 0.3) is 0 Å². The van der Waals surface area contributed by atoms with E-state index >= 15 is 0 Å². The van der Waals surface area contributed by atoms with Gasteiger partial charge in [0.2, 0.25) is 0 Å². The summed E-state index contributed by atoms with van der Waals surface area (Å²) in [5.41, 5.74) is 2.04. The fourth-order valence-corrected chi connectivity index (χ4v) is 6.08. The summed E-state index contributed by atoms with van der Waals surface area (Å²) < 4.78 is 120. The maximum Gasteiger partial charge on any atom is 0.143 e. The molecule has 0 unspecified atom stereocenters. The molecule has 0 N–H and O–H groups in total. The quantitative estimate of drug-likeness (QED) is 0.196.